The van der Waals surface area contributed by atoms with E-state index in [1.807, 2.05) is 43.3 Å². The molecule has 0 radical (unpaired) electrons. The highest BCUT2D eigenvalue weighted by Gasteiger charge is 2.16. The Hall–Kier alpha value is -2.08. The van der Waals surface area contributed by atoms with Gasteiger partial charge in [-0.2, -0.15) is 0 Å². The van der Waals surface area contributed by atoms with E-state index in [2.05, 4.69) is 5.32 Å². The van der Waals surface area contributed by atoms with E-state index in [9.17, 15) is 9.59 Å². The fourth-order valence-corrected chi connectivity index (χ4v) is 1.51. The number of carbonyl (C=O) groups is 2. The Balaban J connectivity index is 2.48. The van der Waals surface area contributed by atoms with Gasteiger partial charge in [-0.25, -0.2) is 0 Å². The van der Waals surface area contributed by atoms with E-state index in [4.69, 9.17) is 10.8 Å². The maximum Gasteiger partial charge on any atom is 0.305 e. The Bertz CT molecular complexity index is 443. The summed E-state index contributed by atoms with van der Waals surface area (Å²) in [6.45, 7) is 0.333. The Morgan fingerprint density at radius 3 is 2.37 bits per heavy atom. The molecule has 19 heavy (non-hydrogen) atoms. The Kier molecular flexibility index (Phi) is 5.32. The molecule has 104 valence electrons. The lowest BCUT2D eigenvalue weighted by Crippen LogP contribution is -2.41. The number of nitrogens with two attached hydrogens (primary N) is 1. The van der Waals surface area contributed by atoms with Gasteiger partial charge >= 0.3 is 5.97 Å². The van der Waals surface area contributed by atoms with Crippen molar-refractivity contribution < 1.29 is 14.7 Å². The molecule has 0 aliphatic carbocycles. The van der Waals surface area contributed by atoms with Crippen molar-refractivity contribution in [1.82, 2.24) is 5.32 Å². The summed E-state index contributed by atoms with van der Waals surface area (Å²) < 4.78 is 0. The lowest BCUT2D eigenvalue weighted by Gasteiger charge is -2.13. The van der Waals surface area contributed by atoms with Crippen LogP contribution in [0.2, 0.25) is 0 Å². The van der Waals surface area contributed by atoms with Gasteiger partial charge in [-0.1, -0.05) is 12.1 Å². The quantitative estimate of drug-likeness (QED) is 0.681. The van der Waals surface area contributed by atoms with E-state index >= 15 is 0 Å². The van der Waals surface area contributed by atoms with Gasteiger partial charge in [-0.3, -0.25) is 9.59 Å². The Morgan fingerprint density at radius 1 is 1.32 bits per heavy atom. The van der Waals surface area contributed by atoms with E-state index < -0.39 is 17.9 Å². The molecule has 0 fully saturated rings. The van der Waals surface area contributed by atoms with Crippen molar-refractivity contribution in [2.45, 2.75) is 19.0 Å². The molecule has 0 aliphatic heterocycles. The van der Waals surface area contributed by atoms with Gasteiger partial charge in [-0.05, 0) is 17.7 Å². The second-order valence-electron chi connectivity index (χ2n) is 4.48. The van der Waals surface area contributed by atoms with Crippen LogP contribution in [0, 0.1) is 0 Å². The van der Waals surface area contributed by atoms with E-state index in [0.29, 0.717) is 6.54 Å². The van der Waals surface area contributed by atoms with Crippen LogP contribution in [0.5, 0.6) is 0 Å². The lowest BCUT2D eigenvalue weighted by molar-refractivity contribution is -0.139. The summed E-state index contributed by atoms with van der Waals surface area (Å²) in [6, 6.07) is 6.67. The molecule has 1 unspecified atom stereocenters. The number of hydrogen-bond donors (Lipinski definition) is 3. The number of carboxylic acids is 1. The molecule has 1 atom stereocenters. The number of benzene rings is 1. The monoisotopic (exact) mass is 265 g/mol. The van der Waals surface area contributed by atoms with Gasteiger partial charge < -0.3 is 21.1 Å². The Morgan fingerprint density at radius 2 is 1.89 bits per heavy atom. The molecule has 0 saturated carbocycles. The lowest BCUT2D eigenvalue weighted by atomic mass is 10.1. The molecule has 0 heterocycles. The first kappa shape index (κ1) is 15.0. The summed E-state index contributed by atoms with van der Waals surface area (Å²) in [5, 5.41) is 11.1. The van der Waals surface area contributed by atoms with Gasteiger partial charge in [0.2, 0.25) is 5.91 Å². The standard InChI is InChI=1S/C13H19N3O3/c1-16(2)10-5-3-9(4-6-10)8-15-13(19)11(14)7-12(17)18/h3-6,11H,7-8,14H2,1-2H3,(H,15,19)(H,17,18). The zero-order valence-electron chi connectivity index (χ0n) is 11.1. The topological polar surface area (TPSA) is 95.7 Å². The summed E-state index contributed by atoms with van der Waals surface area (Å²) in [4.78, 5) is 23.9. The molecule has 1 amide bonds. The number of hydrogen-bond acceptors (Lipinski definition) is 4. The molecule has 1 aromatic carbocycles. The van der Waals surface area contributed by atoms with Crippen LogP contribution in [-0.4, -0.2) is 37.1 Å². The molecule has 0 bridgehead atoms. The highest BCUT2D eigenvalue weighted by molar-refractivity contribution is 5.85. The number of aliphatic carboxylic acids is 1. The molecule has 6 nitrogen and oxygen atoms in total. The first-order valence-corrected chi connectivity index (χ1v) is 5.91. The molecular formula is C13H19N3O3. The first-order chi connectivity index (χ1) is 8.90. The molecule has 1 aromatic rings. The van der Waals surface area contributed by atoms with Crippen LogP contribution in [0.4, 0.5) is 5.69 Å². The van der Waals surface area contributed by atoms with E-state index in [0.717, 1.165) is 11.3 Å². The third-order valence-electron chi connectivity index (χ3n) is 2.65. The van der Waals surface area contributed by atoms with Crippen LogP contribution in [0.1, 0.15) is 12.0 Å². The minimum absolute atomic E-state index is 0.333. The van der Waals surface area contributed by atoms with Crippen molar-refractivity contribution in [3.63, 3.8) is 0 Å². The summed E-state index contributed by atoms with van der Waals surface area (Å²) in [5.41, 5.74) is 7.45. The van der Waals surface area contributed by atoms with Crippen LogP contribution >= 0.6 is 0 Å². The average molecular weight is 265 g/mol. The predicted molar refractivity (Wildman–Crippen MR) is 72.8 cm³/mol. The number of rotatable bonds is 6. The fourth-order valence-electron chi connectivity index (χ4n) is 1.51. The molecular weight excluding hydrogens is 246 g/mol. The largest absolute Gasteiger partial charge is 0.481 e. The molecule has 4 N–H and O–H groups in total. The van der Waals surface area contributed by atoms with Crippen molar-refractivity contribution in [3.05, 3.63) is 29.8 Å². The highest BCUT2D eigenvalue weighted by atomic mass is 16.4. The summed E-state index contributed by atoms with van der Waals surface area (Å²) in [5.74, 6) is -1.54. The van der Waals surface area contributed by atoms with E-state index in [-0.39, 0.29) is 6.42 Å². The zero-order valence-corrected chi connectivity index (χ0v) is 11.1. The maximum atomic E-state index is 11.5. The molecule has 0 saturated heterocycles. The SMILES string of the molecule is CN(C)c1ccc(CNC(=O)C(N)CC(=O)O)cc1. The summed E-state index contributed by atoms with van der Waals surface area (Å²) in [6.07, 6.45) is -0.370. The Labute approximate surface area is 112 Å². The van der Waals surface area contributed by atoms with Gasteiger partial charge in [0.15, 0.2) is 0 Å². The van der Waals surface area contributed by atoms with Crippen LogP contribution in [0.3, 0.4) is 0 Å². The number of anilines is 1. The summed E-state index contributed by atoms with van der Waals surface area (Å²) in [7, 11) is 3.89. The van der Waals surface area contributed by atoms with Crippen molar-refractivity contribution in [2.75, 3.05) is 19.0 Å². The predicted octanol–water partition coefficient (Wildman–Crippen LogP) is 0.171. The maximum absolute atomic E-state index is 11.5. The van der Waals surface area contributed by atoms with Gasteiger partial charge in [0.1, 0.15) is 0 Å². The second-order valence-corrected chi connectivity index (χ2v) is 4.48. The van der Waals surface area contributed by atoms with Gasteiger partial charge in [0.25, 0.3) is 0 Å². The van der Waals surface area contributed by atoms with Gasteiger partial charge in [0, 0.05) is 26.3 Å². The van der Waals surface area contributed by atoms with E-state index in [1.54, 1.807) is 0 Å². The third kappa shape index (κ3) is 4.97. The van der Waals surface area contributed by atoms with Crippen LogP contribution < -0.4 is 16.0 Å². The van der Waals surface area contributed by atoms with Crippen molar-refractivity contribution in [2.24, 2.45) is 5.73 Å². The van der Waals surface area contributed by atoms with Gasteiger partial charge in [-0.15, -0.1) is 0 Å². The van der Waals surface area contributed by atoms with Crippen LogP contribution in [-0.2, 0) is 16.1 Å². The van der Waals surface area contributed by atoms with Crippen molar-refractivity contribution >= 4 is 17.6 Å². The molecule has 6 heteroatoms. The number of carboxylic acid groups (broad SMARTS) is 1. The number of carbonyl (C=O) groups excluding carboxylic acids is 1. The first-order valence-electron chi connectivity index (χ1n) is 5.91. The number of amides is 1. The average Bonchev–Trinajstić information content (AvgIpc) is 2.35. The number of nitrogens with one attached hydrogen (secondary N) is 1. The fraction of sp³-hybridized carbons (Fsp3) is 0.385. The molecule has 1 rings (SSSR count). The second kappa shape index (κ2) is 6.75. The minimum atomic E-state index is -1.09. The smallest absolute Gasteiger partial charge is 0.305 e. The zero-order chi connectivity index (χ0) is 14.4. The highest BCUT2D eigenvalue weighted by Crippen LogP contribution is 2.11. The molecule has 0 spiro atoms. The number of nitrogens with zero attached hydrogens (tertiary/aromatic N) is 1. The normalized spacial score (nSPS) is 11.7. The van der Waals surface area contributed by atoms with E-state index in [1.165, 1.54) is 0 Å². The van der Waals surface area contributed by atoms with Crippen molar-refractivity contribution in [3.8, 4) is 0 Å². The van der Waals surface area contributed by atoms with Crippen LogP contribution in [0.25, 0.3) is 0 Å². The van der Waals surface area contributed by atoms with Crippen molar-refractivity contribution in [1.29, 1.82) is 0 Å². The molecule has 0 aromatic heterocycles. The minimum Gasteiger partial charge on any atom is -0.481 e. The summed E-state index contributed by atoms with van der Waals surface area (Å²) >= 11 is 0. The third-order valence-corrected chi connectivity index (χ3v) is 2.65. The molecule has 0 aliphatic rings. The van der Waals surface area contributed by atoms with Gasteiger partial charge in [0.05, 0.1) is 12.5 Å². The van der Waals surface area contributed by atoms with Crippen LogP contribution in [0.15, 0.2) is 24.3 Å².